The van der Waals surface area contributed by atoms with Crippen molar-refractivity contribution in [2.75, 3.05) is 5.32 Å². The highest BCUT2D eigenvalue weighted by Crippen LogP contribution is 2.29. The monoisotopic (exact) mass is 233 g/mol. The lowest BCUT2D eigenvalue weighted by molar-refractivity contribution is 0.100. The lowest BCUT2D eigenvalue weighted by atomic mass is 9.99. The number of nitrogens with one attached hydrogen (secondary N) is 1. The fourth-order valence-corrected chi connectivity index (χ4v) is 2.51. The molecule has 1 aliphatic carbocycles. The van der Waals surface area contributed by atoms with Gasteiger partial charge in [0, 0.05) is 12.2 Å². The van der Waals surface area contributed by atoms with Gasteiger partial charge in [-0.25, -0.2) is 4.98 Å². The summed E-state index contributed by atoms with van der Waals surface area (Å²) in [5, 5.41) is 3.32. The van der Waals surface area contributed by atoms with Crippen molar-refractivity contribution < 1.29 is 4.79 Å². The molecule has 0 spiro atoms. The summed E-state index contributed by atoms with van der Waals surface area (Å²) < 4.78 is 0. The van der Waals surface area contributed by atoms with Crippen molar-refractivity contribution in [3.8, 4) is 0 Å². The number of hydrogen-bond donors (Lipinski definition) is 2. The van der Waals surface area contributed by atoms with E-state index in [2.05, 4.69) is 17.2 Å². The van der Waals surface area contributed by atoms with Gasteiger partial charge in [-0.3, -0.25) is 4.79 Å². The van der Waals surface area contributed by atoms with Crippen molar-refractivity contribution in [1.29, 1.82) is 0 Å². The van der Waals surface area contributed by atoms with Crippen LogP contribution >= 0.6 is 0 Å². The summed E-state index contributed by atoms with van der Waals surface area (Å²) in [5.41, 5.74) is 5.79. The minimum atomic E-state index is -0.431. The van der Waals surface area contributed by atoms with Crippen molar-refractivity contribution in [1.82, 2.24) is 4.98 Å². The second-order valence-corrected chi connectivity index (χ2v) is 4.74. The summed E-state index contributed by atoms with van der Waals surface area (Å²) in [6.07, 6.45) is 6.80. The van der Waals surface area contributed by atoms with E-state index in [9.17, 15) is 4.79 Å². The van der Waals surface area contributed by atoms with Gasteiger partial charge in [0.1, 0.15) is 5.82 Å². The van der Waals surface area contributed by atoms with Crippen LogP contribution in [0.1, 0.15) is 43.0 Å². The average Bonchev–Trinajstić information content (AvgIpc) is 2.83. The van der Waals surface area contributed by atoms with Crippen LogP contribution in [0.25, 0.3) is 0 Å². The highest BCUT2D eigenvalue weighted by Gasteiger charge is 2.22. The minimum absolute atomic E-state index is 0.338. The van der Waals surface area contributed by atoms with Gasteiger partial charge in [-0.05, 0) is 37.8 Å². The molecule has 0 saturated heterocycles. The Kier molecular flexibility index (Phi) is 3.61. The summed E-state index contributed by atoms with van der Waals surface area (Å²) >= 11 is 0. The molecule has 1 atom stereocenters. The highest BCUT2D eigenvalue weighted by molar-refractivity contribution is 5.97. The first kappa shape index (κ1) is 11.9. The van der Waals surface area contributed by atoms with E-state index in [-0.39, 0.29) is 0 Å². The molecule has 1 heterocycles. The first-order valence-corrected chi connectivity index (χ1v) is 6.20. The summed E-state index contributed by atoms with van der Waals surface area (Å²) in [6.45, 7) is 2.15. The normalized spacial score (nSPS) is 17.9. The molecule has 4 heteroatoms. The SMILES string of the molecule is CC(Nc1ncccc1C(N)=O)C1CCCC1. The third-order valence-corrected chi connectivity index (χ3v) is 3.54. The Balaban J connectivity index is 2.09. The van der Waals surface area contributed by atoms with Crippen LogP contribution < -0.4 is 11.1 Å². The predicted octanol–water partition coefficient (Wildman–Crippen LogP) is 2.17. The Hall–Kier alpha value is -1.58. The number of amides is 1. The van der Waals surface area contributed by atoms with Gasteiger partial charge in [-0.15, -0.1) is 0 Å². The van der Waals surface area contributed by atoms with Crippen LogP contribution in [0.3, 0.4) is 0 Å². The number of primary amides is 1. The van der Waals surface area contributed by atoms with E-state index >= 15 is 0 Å². The molecule has 1 aromatic heterocycles. The zero-order chi connectivity index (χ0) is 12.3. The quantitative estimate of drug-likeness (QED) is 0.837. The summed E-state index contributed by atoms with van der Waals surface area (Å²) in [6, 6.07) is 3.77. The van der Waals surface area contributed by atoms with Crippen LogP contribution in [0, 0.1) is 5.92 Å². The molecule has 1 aliphatic rings. The first-order chi connectivity index (χ1) is 8.18. The molecule has 1 amide bonds. The zero-order valence-corrected chi connectivity index (χ0v) is 10.1. The maximum Gasteiger partial charge on any atom is 0.252 e. The number of carbonyl (C=O) groups excluding carboxylic acids is 1. The molecule has 0 aromatic carbocycles. The second kappa shape index (κ2) is 5.17. The standard InChI is InChI=1S/C13H19N3O/c1-9(10-5-2-3-6-10)16-13-11(12(14)17)7-4-8-15-13/h4,7-10H,2-3,5-6H2,1H3,(H2,14,17)(H,15,16). The first-order valence-electron chi connectivity index (χ1n) is 6.20. The van der Waals surface area contributed by atoms with Crippen molar-refractivity contribution in [3.05, 3.63) is 23.9 Å². The third-order valence-electron chi connectivity index (χ3n) is 3.54. The van der Waals surface area contributed by atoms with Gasteiger partial charge in [-0.2, -0.15) is 0 Å². The molecule has 0 aliphatic heterocycles. The molecule has 2 rings (SSSR count). The summed E-state index contributed by atoms with van der Waals surface area (Å²) in [4.78, 5) is 15.5. The number of anilines is 1. The number of rotatable bonds is 4. The molecule has 1 fully saturated rings. The number of pyridine rings is 1. The van der Waals surface area contributed by atoms with Crippen LogP contribution in [0.4, 0.5) is 5.82 Å². The van der Waals surface area contributed by atoms with Gasteiger partial charge < -0.3 is 11.1 Å². The molecule has 4 nitrogen and oxygen atoms in total. The Morgan fingerprint density at radius 2 is 2.24 bits per heavy atom. The molecule has 3 N–H and O–H groups in total. The van der Waals surface area contributed by atoms with Crippen molar-refractivity contribution in [2.45, 2.75) is 38.6 Å². The minimum Gasteiger partial charge on any atom is -0.367 e. The molecule has 0 bridgehead atoms. The average molecular weight is 233 g/mol. The van der Waals surface area contributed by atoms with E-state index in [1.54, 1.807) is 18.3 Å². The molecule has 17 heavy (non-hydrogen) atoms. The van der Waals surface area contributed by atoms with Crippen LogP contribution in [-0.4, -0.2) is 16.9 Å². The fourth-order valence-electron chi connectivity index (χ4n) is 2.51. The maximum absolute atomic E-state index is 11.3. The highest BCUT2D eigenvalue weighted by atomic mass is 16.1. The smallest absolute Gasteiger partial charge is 0.252 e. The number of nitrogens with zero attached hydrogens (tertiary/aromatic N) is 1. The third kappa shape index (κ3) is 2.75. The van der Waals surface area contributed by atoms with E-state index in [0.717, 1.165) is 0 Å². The van der Waals surface area contributed by atoms with Crippen LogP contribution in [-0.2, 0) is 0 Å². The number of carbonyl (C=O) groups is 1. The molecule has 1 unspecified atom stereocenters. The molecule has 0 radical (unpaired) electrons. The van der Waals surface area contributed by atoms with Gasteiger partial charge in [-0.1, -0.05) is 12.8 Å². The number of aromatic nitrogens is 1. The van der Waals surface area contributed by atoms with Gasteiger partial charge in [0.05, 0.1) is 5.56 Å². The van der Waals surface area contributed by atoms with Crippen molar-refractivity contribution >= 4 is 11.7 Å². The lowest BCUT2D eigenvalue weighted by Gasteiger charge is -2.21. The van der Waals surface area contributed by atoms with E-state index in [1.165, 1.54) is 25.7 Å². The fraction of sp³-hybridized carbons (Fsp3) is 0.538. The molecular formula is C13H19N3O. The van der Waals surface area contributed by atoms with Gasteiger partial charge in [0.25, 0.3) is 5.91 Å². The van der Waals surface area contributed by atoms with Gasteiger partial charge in [0.15, 0.2) is 0 Å². The Morgan fingerprint density at radius 1 is 1.53 bits per heavy atom. The second-order valence-electron chi connectivity index (χ2n) is 4.74. The topological polar surface area (TPSA) is 68.0 Å². The molecular weight excluding hydrogens is 214 g/mol. The van der Waals surface area contributed by atoms with Crippen LogP contribution in [0.5, 0.6) is 0 Å². The molecule has 1 saturated carbocycles. The van der Waals surface area contributed by atoms with Crippen LogP contribution in [0.2, 0.25) is 0 Å². The molecule has 92 valence electrons. The van der Waals surface area contributed by atoms with Crippen LogP contribution in [0.15, 0.2) is 18.3 Å². The lowest BCUT2D eigenvalue weighted by Crippen LogP contribution is -2.26. The zero-order valence-electron chi connectivity index (χ0n) is 10.1. The number of nitrogens with two attached hydrogens (primary N) is 1. The van der Waals surface area contributed by atoms with E-state index in [1.807, 2.05) is 0 Å². The molecule has 1 aromatic rings. The summed E-state index contributed by atoms with van der Waals surface area (Å²) in [5.74, 6) is 0.858. The van der Waals surface area contributed by atoms with Gasteiger partial charge in [0.2, 0.25) is 0 Å². The summed E-state index contributed by atoms with van der Waals surface area (Å²) in [7, 11) is 0. The Morgan fingerprint density at radius 3 is 2.88 bits per heavy atom. The van der Waals surface area contributed by atoms with Crippen molar-refractivity contribution in [2.24, 2.45) is 11.7 Å². The Bertz CT molecular complexity index is 399. The largest absolute Gasteiger partial charge is 0.367 e. The number of hydrogen-bond acceptors (Lipinski definition) is 3. The van der Waals surface area contributed by atoms with E-state index in [4.69, 9.17) is 5.73 Å². The van der Waals surface area contributed by atoms with Gasteiger partial charge >= 0.3 is 0 Å². The van der Waals surface area contributed by atoms with E-state index < -0.39 is 5.91 Å². The Labute approximate surface area is 102 Å². The van der Waals surface area contributed by atoms with Crippen molar-refractivity contribution in [3.63, 3.8) is 0 Å². The van der Waals surface area contributed by atoms with E-state index in [0.29, 0.717) is 23.3 Å². The maximum atomic E-state index is 11.3. The predicted molar refractivity (Wildman–Crippen MR) is 67.8 cm³/mol.